The molecule has 228 valence electrons. The van der Waals surface area contributed by atoms with E-state index in [0.717, 1.165) is 0 Å². The molecule has 3 N–H and O–H groups in total. The van der Waals surface area contributed by atoms with Gasteiger partial charge < -0.3 is 25.2 Å². The maximum atomic E-state index is 14.0. The number of aliphatic carboxylic acids is 1. The van der Waals surface area contributed by atoms with Gasteiger partial charge in [0.25, 0.3) is 0 Å². The van der Waals surface area contributed by atoms with Crippen LogP contribution in [0.2, 0.25) is 0 Å². The Labute approximate surface area is 238 Å². The van der Waals surface area contributed by atoms with Crippen molar-refractivity contribution >= 4 is 29.4 Å². The second-order valence-electron chi connectivity index (χ2n) is 9.61. The zero-order valence-corrected chi connectivity index (χ0v) is 23.1. The molecule has 0 radical (unpaired) electrons. The van der Waals surface area contributed by atoms with Crippen LogP contribution in [0.5, 0.6) is 11.5 Å². The van der Waals surface area contributed by atoms with Crippen LogP contribution in [0, 0.1) is 11.7 Å². The molecule has 14 heteroatoms. The normalized spacial score (nSPS) is 12.7. The summed E-state index contributed by atoms with van der Waals surface area (Å²) in [5.74, 6) is -6.69. The van der Waals surface area contributed by atoms with Crippen molar-refractivity contribution in [2.75, 3.05) is 13.7 Å². The van der Waals surface area contributed by atoms with Crippen molar-refractivity contribution in [2.24, 2.45) is 5.92 Å². The molecule has 42 heavy (non-hydrogen) atoms. The summed E-state index contributed by atoms with van der Waals surface area (Å²) in [7, 11) is 1.37. The van der Waals surface area contributed by atoms with E-state index in [4.69, 9.17) is 9.47 Å². The van der Waals surface area contributed by atoms with Gasteiger partial charge in [-0.15, -0.1) is 0 Å². The monoisotopic (exact) mass is 598 g/mol. The Morgan fingerprint density at radius 3 is 2.19 bits per heavy atom. The van der Waals surface area contributed by atoms with Crippen molar-refractivity contribution in [2.45, 2.75) is 51.9 Å². The predicted octanol–water partition coefficient (Wildman–Crippen LogP) is 3.35. The van der Waals surface area contributed by atoms with Crippen molar-refractivity contribution in [3.05, 3.63) is 58.9 Å². The first kappa shape index (κ1) is 33.7. The zero-order chi connectivity index (χ0) is 31.8. The van der Waals surface area contributed by atoms with E-state index in [1.54, 1.807) is 13.8 Å². The quantitative estimate of drug-likeness (QED) is 0.222. The smallest absolute Gasteiger partial charge is 0.416 e. The molecule has 0 heterocycles. The van der Waals surface area contributed by atoms with Crippen molar-refractivity contribution in [1.82, 2.24) is 10.6 Å². The van der Waals surface area contributed by atoms with E-state index in [2.05, 4.69) is 10.6 Å². The molecule has 2 atom stereocenters. The number of ether oxygens (including phenoxy) is 2. The first-order valence-electron chi connectivity index (χ1n) is 12.5. The molecule has 0 aliphatic carbocycles. The molecule has 0 fully saturated rings. The van der Waals surface area contributed by atoms with E-state index in [1.807, 2.05) is 0 Å². The van der Waals surface area contributed by atoms with Crippen LogP contribution in [-0.2, 0) is 31.8 Å². The minimum Gasteiger partial charge on any atom is -0.496 e. The Bertz CT molecular complexity index is 1340. The summed E-state index contributed by atoms with van der Waals surface area (Å²) < 4.78 is 62.9. The Hall–Kier alpha value is -4.49. The van der Waals surface area contributed by atoms with Crippen LogP contribution in [0.15, 0.2) is 36.4 Å². The molecule has 0 spiro atoms. The third-order valence-electron chi connectivity index (χ3n) is 6.02. The van der Waals surface area contributed by atoms with Gasteiger partial charge in [-0.25, -0.2) is 4.39 Å². The van der Waals surface area contributed by atoms with E-state index in [9.17, 15) is 46.6 Å². The van der Waals surface area contributed by atoms with Gasteiger partial charge in [0.2, 0.25) is 11.8 Å². The first-order valence-corrected chi connectivity index (χ1v) is 12.5. The molecular weight excluding hydrogens is 568 g/mol. The lowest BCUT2D eigenvalue weighted by Gasteiger charge is -2.25. The minimum atomic E-state index is -4.81. The standard InChI is InChI=1S/C28H30F4N2O8/c1-14(2)26(34-24(37)10-17-9-16(15(3)35)5-8-22(17)41-4)27(40)33-20(12-25(38)39)21(36)13-42-23-11-18(28(30,31)32)6-7-19(23)29/h5-9,11,14,20,26H,10,12-13H2,1-4H3,(H,33,40)(H,34,37)(H,38,39)/t20-,26-/m0/s1. The fraction of sp³-hybridized carbons (Fsp3) is 0.393. The maximum Gasteiger partial charge on any atom is 0.416 e. The Morgan fingerprint density at radius 1 is 0.976 bits per heavy atom. The molecule has 0 aromatic heterocycles. The number of benzene rings is 2. The highest BCUT2D eigenvalue weighted by molar-refractivity contribution is 5.96. The van der Waals surface area contributed by atoms with Crippen LogP contribution in [0.3, 0.4) is 0 Å². The lowest BCUT2D eigenvalue weighted by atomic mass is 10.0. The second kappa shape index (κ2) is 14.4. The Kier molecular flexibility index (Phi) is 11.6. The fourth-order valence-electron chi connectivity index (χ4n) is 3.79. The van der Waals surface area contributed by atoms with E-state index < -0.39 is 77.9 Å². The average Bonchev–Trinajstić information content (AvgIpc) is 2.89. The van der Waals surface area contributed by atoms with Crippen LogP contribution in [0.1, 0.15) is 48.7 Å². The molecule has 0 unspecified atom stereocenters. The number of nitrogens with one attached hydrogen (secondary N) is 2. The zero-order valence-electron chi connectivity index (χ0n) is 23.1. The lowest BCUT2D eigenvalue weighted by molar-refractivity contribution is -0.141. The van der Waals surface area contributed by atoms with Crippen LogP contribution in [0.4, 0.5) is 17.6 Å². The summed E-state index contributed by atoms with van der Waals surface area (Å²) in [5, 5.41) is 14.0. The Morgan fingerprint density at radius 2 is 1.64 bits per heavy atom. The van der Waals surface area contributed by atoms with Gasteiger partial charge in [-0.1, -0.05) is 13.8 Å². The number of carboxylic acid groups (broad SMARTS) is 1. The van der Waals surface area contributed by atoms with Gasteiger partial charge in [-0.05, 0) is 49.2 Å². The third kappa shape index (κ3) is 9.56. The van der Waals surface area contributed by atoms with E-state index in [-0.39, 0.29) is 12.2 Å². The van der Waals surface area contributed by atoms with Crippen LogP contribution in [0.25, 0.3) is 0 Å². The number of hydrogen-bond donors (Lipinski definition) is 3. The number of alkyl halides is 3. The van der Waals surface area contributed by atoms with Crippen molar-refractivity contribution in [3.8, 4) is 11.5 Å². The molecule has 2 amide bonds. The van der Waals surface area contributed by atoms with Gasteiger partial charge in [0.05, 0.1) is 25.5 Å². The number of hydrogen-bond acceptors (Lipinski definition) is 7. The van der Waals surface area contributed by atoms with Crippen LogP contribution < -0.4 is 20.1 Å². The molecular formula is C28H30F4N2O8. The van der Waals surface area contributed by atoms with Crippen molar-refractivity contribution in [1.29, 1.82) is 0 Å². The van der Waals surface area contributed by atoms with Gasteiger partial charge >= 0.3 is 12.1 Å². The minimum absolute atomic E-state index is 0.243. The van der Waals surface area contributed by atoms with E-state index >= 15 is 0 Å². The van der Waals surface area contributed by atoms with Gasteiger partial charge in [0.15, 0.2) is 23.1 Å². The van der Waals surface area contributed by atoms with Crippen LogP contribution in [-0.4, -0.2) is 60.3 Å². The predicted molar refractivity (Wildman–Crippen MR) is 140 cm³/mol. The number of halogens is 4. The van der Waals surface area contributed by atoms with Crippen molar-refractivity contribution in [3.63, 3.8) is 0 Å². The van der Waals surface area contributed by atoms with Gasteiger partial charge in [0.1, 0.15) is 24.4 Å². The van der Waals surface area contributed by atoms with Gasteiger partial charge in [-0.2, -0.15) is 13.2 Å². The third-order valence-corrected chi connectivity index (χ3v) is 6.02. The largest absolute Gasteiger partial charge is 0.496 e. The number of carbonyl (C=O) groups is 5. The molecule has 2 aromatic rings. The first-order chi connectivity index (χ1) is 19.5. The summed E-state index contributed by atoms with van der Waals surface area (Å²) >= 11 is 0. The highest BCUT2D eigenvalue weighted by atomic mass is 19.4. The number of amides is 2. The van der Waals surface area contributed by atoms with Crippen LogP contribution >= 0.6 is 0 Å². The summed E-state index contributed by atoms with van der Waals surface area (Å²) in [6, 6.07) is 2.88. The summed E-state index contributed by atoms with van der Waals surface area (Å²) in [6.45, 7) is 3.45. The summed E-state index contributed by atoms with van der Waals surface area (Å²) in [5.41, 5.74) is -0.537. The summed E-state index contributed by atoms with van der Waals surface area (Å²) in [6.07, 6.45) is -6.02. The topological polar surface area (TPSA) is 148 Å². The number of carboxylic acids is 1. The number of ketones is 2. The Balaban J connectivity index is 2.16. The second-order valence-corrected chi connectivity index (χ2v) is 9.61. The SMILES string of the molecule is COc1ccc(C(C)=O)cc1CC(=O)N[C@H](C(=O)N[C@@H](CC(=O)O)C(=O)COc1cc(C(F)(F)F)ccc1F)C(C)C. The molecule has 0 saturated heterocycles. The summed E-state index contributed by atoms with van der Waals surface area (Å²) in [4.78, 5) is 61.7. The highest BCUT2D eigenvalue weighted by Crippen LogP contribution is 2.32. The van der Waals surface area contributed by atoms with E-state index in [1.165, 1.54) is 32.2 Å². The molecule has 0 saturated carbocycles. The molecule has 0 bridgehead atoms. The van der Waals surface area contributed by atoms with E-state index in [0.29, 0.717) is 35.1 Å². The molecule has 2 aromatic carbocycles. The molecule has 0 aliphatic rings. The number of methoxy groups -OCH3 is 1. The number of carbonyl (C=O) groups excluding carboxylic acids is 4. The lowest BCUT2D eigenvalue weighted by Crippen LogP contribution is -2.54. The number of Topliss-reactive ketones (excluding diaryl/α,β-unsaturated/α-hetero) is 2. The maximum absolute atomic E-state index is 14.0. The van der Waals surface area contributed by atoms with Crippen molar-refractivity contribution < 1.29 is 56.1 Å². The number of rotatable bonds is 14. The van der Waals surface area contributed by atoms with Gasteiger partial charge in [0, 0.05) is 11.1 Å². The molecule has 2 rings (SSSR count). The van der Waals surface area contributed by atoms with Gasteiger partial charge in [-0.3, -0.25) is 24.0 Å². The highest BCUT2D eigenvalue weighted by Gasteiger charge is 2.33. The molecule has 10 nitrogen and oxygen atoms in total. The molecule has 0 aliphatic heterocycles. The fourth-order valence-corrected chi connectivity index (χ4v) is 3.79. The average molecular weight is 599 g/mol.